The molecule has 0 spiro atoms. The molecule has 0 atom stereocenters. The minimum Gasteiger partial charge on any atom is -0.353 e. The van der Waals surface area contributed by atoms with Crippen LogP contribution in [0.3, 0.4) is 0 Å². The largest absolute Gasteiger partial charge is 0.353 e. The van der Waals surface area contributed by atoms with Gasteiger partial charge in [-0.15, -0.1) is 11.3 Å². The van der Waals surface area contributed by atoms with Gasteiger partial charge in [-0.25, -0.2) is 0 Å². The van der Waals surface area contributed by atoms with Gasteiger partial charge in [-0.2, -0.15) is 0 Å². The van der Waals surface area contributed by atoms with Gasteiger partial charge in [-0.1, -0.05) is 91.0 Å². The number of H-pyrrole nitrogens is 1. The molecule has 3 aromatic heterocycles. The molecular formula is C44H27N3S. The number of para-hydroxylation sites is 4. The van der Waals surface area contributed by atoms with Gasteiger partial charge in [0.2, 0.25) is 0 Å². The van der Waals surface area contributed by atoms with Crippen molar-refractivity contribution in [1.82, 2.24) is 9.55 Å². The van der Waals surface area contributed by atoms with Gasteiger partial charge in [-0.05, 0) is 77.5 Å². The Labute approximate surface area is 279 Å². The average molecular weight is 630 g/mol. The van der Waals surface area contributed by atoms with Gasteiger partial charge in [-0.3, -0.25) is 0 Å². The molecule has 4 heteroatoms. The van der Waals surface area contributed by atoms with Crippen LogP contribution in [0.1, 0.15) is 0 Å². The van der Waals surface area contributed by atoms with Crippen LogP contribution < -0.4 is 4.90 Å². The molecule has 8 aromatic carbocycles. The third-order valence-electron chi connectivity index (χ3n) is 10.0. The molecule has 0 aliphatic rings. The van der Waals surface area contributed by atoms with E-state index < -0.39 is 0 Å². The zero-order valence-corrected chi connectivity index (χ0v) is 26.6. The molecule has 0 saturated carbocycles. The second-order valence-electron chi connectivity index (χ2n) is 12.6. The summed E-state index contributed by atoms with van der Waals surface area (Å²) in [5, 5.41) is 10.3. The molecule has 0 aliphatic heterocycles. The molecule has 11 rings (SSSR count). The van der Waals surface area contributed by atoms with E-state index in [2.05, 4.69) is 172 Å². The first kappa shape index (κ1) is 26.0. The second kappa shape index (κ2) is 9.71. The van der Waals surface area contributed by atoms with Crippen molar-refractivity contribution in [2.24, 2.45) is 0 Å². The Bertz CT molecular complexity index is 2950. The summed E-state index contributed by atoms with van der Waals surface area (Å²) in [5.74, 6) is 0. The molecule has 0 aliphatic carbocycles. The van der Waals surface area contributed by atoms with Crippen molar-refractivity contribution >= 4 is 103 Å². The van der Waals surface area contributed by atoms with E-state index in [1.165, 1.54) is 80.2 Å². The lowest BCUT2D eigenvalue weighted by Crippen LogP contribution is -2.09. The summed E-state index contributed by atoms with van der Waals surface area (Å²) >= 11 is 1.90. The lowest BCUT2D eigenvalue weighted by atomic mass is 9.98. The molecule has 0 unspecified atom stereocenters. The second-order valence-corrected chi connectivity index (χ2v) is 13.7. The number of fused-ring (bicyclic) bond motifs is 8. The Morgan fingerprint density at radius 1 is 0.479 bits per heavy atom. The SMILES string of the molecule is c1ccc(N(c2ccccc2)c2ccc3c(c2)sc2c3cc3ccc4cc5c6ccccc6[nH]c5c5c4c3c2n5-c2ccccc2)cc1. The number of hydrogen-bond acceptors (Lipinski definition) is 2. The van der Waals surface area contributed by atoms with Gasteiger partial charge in [0, 0.05) is 65.3 Å². The maximum Gasteiger partial charge on any atom is 0.0789 e. The van der Waals surface area contributed by atoms with Crippen LogP contribution in [-0.4, -0.2) is 9.55 Å². The van der Waals surface area contributed by atoms with Crippen LogP contribution in [0.25, 0.3) is 80.2 Å². The molecule has 1 N–H and O–H groups in total. The first-order chi connectivity index (χ1) is 23.8. The molecule has 3 heterocycles. The van der Waals surface area contributed by atoms with Crippen LogP contribution in [0, 0.1) is 0 Å². The Kier molecular flexibility index (Phi) is 5.26. The summed E-state index contributed by atoms with van der Waals surface area (Å²) in [5.41, 5.74) is 9.49. The van der Waals surface area contributed by atoms with Crippen molar-refractivity contribution in [1.29, 1.82) is 0 Å². The van der Waals surface area contributed by atoms with Crippen molar-refractivity contribution in [3.05, 3.63) is 158 Å². The van der Waals surface area contributed by atoms with E-state index in [9.17, 15) is 0 Å². The van der Waals surface area contributed by atoms with Crippen LogP contribution in [0.2, 0.25) is 0 Å². The first-order valence-corrected chi connectivity index (χ1v) is 17.2. The fraction of sp³-hybridized carbons (Fsp3) is 0. The van der Waals surface area contributed by atoms with E-state index in [-0.39, 0.29) is 0 Å². The zero-order chi connectivity index (χ0) is 31.3. The van der Waals surface area contributed by atoms with Crippen LogP contribution in [0.5, 0.6) is 0 Å². The number of thiophene rings is 1. The Hall–Kier alpha value is -6.10. The zero-order valence-electron chi connectivity index (χ0n) is 25.8. The summed E-state index contributed by atoms with van der Waals surface area (Å²) < 4.78 is 5.13. The van der Waals surface area contributed by atoms with Crippen molar-refractivity contribution < 1.29 is 0 Å². The summed E-state index contributed by atoms with van der Waals surface area (Å²) in [4.78, 5) is 6.19. The number of benzene rings is 8. The van der Waals surface area contributed by atoms with Gasteiger partial charge >= 0.3 is 0 Å². The van der Waals surface area contributed by atoms with Crippen LogP contribution in [0.4, 0.5) is 17.1 Å². The monoisotopic (exact) mass is 629 g/mol. The molecule has 48 heavy (non-hydrogen) atoms. The minimum absolute atomic E-state index is 1.14. The highest BCUT2D eigenvalue weighted by Crippen LogP contribution is 2.50. The lowest BCUT2D eigenvalue weighted by Gasteiger charge is -2.25. The number of nitrogens with one attached hydrogen (secondary N) is 1. The van der Waals surface area contributed by atoms with E-state index in [1.807, 2.05) is 11.3 Å². The van der Waals surface area contributed by atoms with Gasteiger partial charge in [0.1, 0.15) is 0 Å². The lowest BCUT2D eigenvalue weighted by molar-refractivity contribution is 1.19. The maximum atomic E-state index is 3.84. The summed E-state index contributed by atoms with van der Waals surface area (Å²) in [6.07, 6.45) is 0. The Balaban J connectivity index is 1.27. The summed E-state index contributed by atoms with van der Waals surface area (Å²) in [6, 6.07) is 57.3. The average Bonchev–Trinajstić information content (AvgIpc) is 3.82. The predicted octanol–water partition coefficient (Wildman–Crippen LogP) is 12.8. The molecule has 3 nitrogen and oxygen atoms in total. The smallest absolute Gasteiger partial charge is 0.0789 e. The number of nitrogens with zero attached hydrogens (tertiary/aromatic N) is 2. The van der Waals surface area contributed by atoms with Crippen LogP contribution in [0.15, 0.2) is 158 Å². The van der Waals surface area contributed by atoms with Crippen molar-refractivity contribution in [3.8, 4) is 5.69 Å². The van der Waals surface area contributed by atoms with Gasteiger partial charge in [0.15, 0.2) is 0 Å². The third-order valence-corrected chi connectivity index (χ3v) is 11.2. The van der Waals surface area contributed by atoms with Crippen molar-refractivity contribution in [3.63, 3.8) is 0 Å². The summed E-state index contributed by atoms with van der Waals surface area (Å²) in [7, 11) is 0. The maximum absolute atomic E-state index is 3.84. The molecule has 0 amide bonds. The van der Waals surface area contributed by atoms with Crippen molar-refractivity contribution in [2.45, 2.75) is 0 Å². The fourth-order valence-corrected chi connectivity index (χ4v) is 9.24. The van der Waals surface area contributed by atoms with Gasteiger partial charge in [0.25, 0.3) is 0 Å². The predicted molar refractivity (Wildman–Crippen MR) is 206 cm³/mol. The van der Waals surface area contributed by atoms with Gasteiger partial charge in [0.05, 0.1) is 21.3 Å². The van der Waals surface area contributed by atoms with E-state index >= 15 is 0 Å². The number of aromatic nitrogens is 2. The molecule has 0 bridgehead atoms. The fourth-order valence-electron chi connectivity index (χ4n) is 7.98. The Morgan fingerprint density at radius 3 is 1.83 bits per heavy atom. The van der Waals surface area contributed by atoms with E-state index in [0.29, 0.717) is 0 Å². The van der Waals surface area contributed by atoms with E-state index in [1.54, 1.807) is 0 Å². The standard InChI is InChI=1S/C44H27N3S/c1-4-12-29(13-5-1)46(30-14-6-2-7-15-30)32-22-23-34-36-25-28-21-20-27-24-35-33-18-10-11-19-37(33)45-41(35)42-39(27)40(28)43(44(36)48-38(34)26-32)47(42)31-16-8-3-9-17-31/h1-26,45H. The molecule has 0 radical (unpaired) electrons. The molecule has 0 fully saturated rings. The number of rotatable bonds is 4. The van der Waals surface area contributed by atoms with Gasteiger partial charge < -0.3 is 14.5 Å². The van der Waals surface area contributed by atoms with E-state index in [0.717, 1.165) is 17.1 Å². The van der Waals surface area contributed by atoms with E-state index in [4.69, 9.17) is 0 Å². The highest BCUT2D eigenvalue weighted by atomic mass is 32.1. The molecular weight excluding hydrogens is 603 g/mol. The Morgan fingerprint density at radius 2 is 1.10 bits per heavy atom. The molecule has 224 valence electrons. The number of anilines is 3. The quantitative estimate of drug-likeness (QED) is 0.192. The normalized spacial score (nSPS) is 12.2. The highest BCUT2D eigenvalue weighted by Gasteiger charge is 2.25. The molecule has 11 aromatic rings. The number of aromatic amines is 1. The first-order valence-electron chi connectivity index (χ1n) is 16.4. The summed E-state index contributed by atoms with van der Waals surface area (Å²) in [6.45, 7) is 0. The molecule has 0 saturated heterocycles. The minimum atomic E-state index is 1.14. The van der Waals surface area contributed by atoms with Crippen LogP contribution in [-0.2, 0) is 0 Å². The topological polar surface area (TPSA) is 24.0 Å². The highest BCUT2D eigenvalue weighted by molar-refractivity contribution is 7.26. The number of hydrogen-bond donors (Lipinski definition) is 1. The van der Waals surface area contributed by atoms with Crippen LogP contribution >= 0.6 is 11.3 Å². The third kappa shape index (κ3) is 3.52. The van der Waals surface area contributed by atoms with Crippen molar-refractivity contribution in [2.75, 3.05) is 4.90 Å².